The van der Waals surface area contributed by atoms with Crippen LogP contribution in [0.25, 0.3) is 0 Å². The number of aryl methyl sites for hydroxylation is 1. The standard InChI is InChI=1S/C18H18Cl2O/c1-11-4-6-14(15(19)8-11)17(20)12-5-7-16-13(9-12)10-18(2,3)21-16/h4-9,17H,10H2,1-3H3. The lowest BCUT2D eigenvalue weighted by Gasteiger charge is -2.16. The Morgan fingerprint density at radius 1 is 1.14 bits per heavy atom. The van der Waals surface area contributed by atoms with Crippen molar-refractivity contribution in [3.05, 3.63) is 63.7 Å². The predicted octanol–water partition coefficient (Wildman–Crippen LogP) is 5.69. The van der Waals surface area contributed by atoms with Gasteiger partial charge in [-0.1, -0.05) is 35.9 Å². The van der Waals surface area contributed by atoms with Crippen LogP contribution >= 0.6 is 23.2 Å². The number of alkyl halides is 1. The van der Waals surface area contributed by atoms with Gasteiger partial charge in [-0.3, -0.25) is 0 Å². The molecule has 1 aliphatic heterocycles. The van der Waals surface area contributed by atoms with Crippen LogP contribution < -0.4 is 4.74 Å². The Bertz CT molecular complexity index is 692. The number of ether oxygens (including phenoxy) is 1. The molecule has 0 amide bonds. The first kappa shape index (κ1) is 14.7. The van der Waals surface area contributed by atoms with Crippen LogP contribution in [0.5, 0.6) is 5.75 Å². The molecule has 0 saturated carbocycles. The zero-order valence-corrected chi connectivity index (χ0v) is 13.9. The fourth-order valence-corrected chi connectivity index (χ4v) is 3.53. The van der Waals surface area contributed by atoms with E-state index in [4.69, 9.17) is 27.9 Å². The molecule has 110 valence electrons. The van der Waals surface area contributed by atoms with E-state index in [-0.39, 0.29) is 11.0 Å². The van der Waals surface area contributed by atoms with Gasteiger partial charge in [0.05, 0.1) is 5.38 Å². The Kier molecular flexibility index (Phi) is 3.67. The molecule has 2 aromatic carbocycles. The van der Waals surface area contributed by atoms with Crippen molar-refractivity contribution in [3.8, 4) is 5.75 Å². The summed E-state index contributed by atoms with van der Waals surface area (Å²) in [5.41, 5.74) is 4.22. The second-order valence-electron chi connectivity index (χ2n) is 6.29. The molecule has 0 fully saturated rings. The summed E-state index contributed by atoms with van der Waals surface area (Å²) in [6.45, 7) is 6.22. The molecule has 2 aromatic rings. The summed E-state index contributed by atoms with van der Waals surface area (Å²) in [6.07, 6.45) is 0.904. The van der Waals surface area contributed by atoms with Gasteiger partial charge in [0.25, 0.3) is 0 Å². The first-order valence-corrected chi connectivity index (χ1v) is 7.89. The quantitative estimate of drug-likeness (QED) is 0.646. The lowest BCUT2D eigenvalue weighted by molar-refractivity contribution is 0.138. The zero-order valence-electron chi connectivity index (χ0n) is 12.4. The summed E-state index contributed by atoms with van der Waals surface area (Å²) in [5.74, 6) is 0.961. The average Bonchev–Trinajstić information content (AvgIpc) is 2.70. The first-order valence-electron chi connectivity index (χ1n) is 7.08. The van der Waals surface area contributed by atoms with Gasteiger partial charge in [0, 0.05) is 11.4 Å². The highest BCUT2D eigenvalue weighted by molar-refractivity contribution is 6.33. The van der Waals surface area contributed by atoms with Gasteiger partial charge in [-0.2, -0.15) is 0 Å². The normalized spacial score (nSPS) is 17.2. The average molecular weight is 321 g/mol. The first-order chi connectivity index (χ1) is 9.85. The number of rotatable bonds is 2. The Labute approximate surface area is 135 Å². The van der Waals surface area contributed by atoms with Crippen molar-refractivity contribution < 1.29 is 4.74 Å². The number of fused-ring (bicyclic) bond motifs is 1. The summed E-state index contributed by atoms with van der Waals surface area (Å²) in [4.78, 5) is 0. The molecule has 1 nitrogen and oxygen atoms in total. The van der Waals surface area contributed by atoms with Gasteiger partial charge in [-0.15, -0.1) is 11.6 Å². The second kappa shape index (κ2) is 5.23. The fraction of sp³-hybridized carbons (Fsp3) is 0.333. The van der Waals surface area contributed by atoms with E-state index in [1.54, 1.807) is 0 Å². The van der Waals surface area contributed by atoms with E-state index >= 15 is 0 Å². The van der Waals surface area contributed by atoms with Gasteiger partial charge in [-0.25, -0.2) is 0 Å². The van der Waals surface area contributed by atoms with E-state index in [9.17, 15) is 0 Å². The van der Waals surface area contributed by atoms with Crippen LogP contribution in [0.3, 0.4) is 0 Å². The monoisotopic (exact) mass is 320 g/mol. The van der Waals surface area contributed by atoms with Crippen molar-refractivity contribution in [1.29, 1.82) is 0 Å². The zero-order chi connectivity index (χ0) is 15.2. The van der Waals surface area contributed by atoms with E-state index in [0.29, 0.717) is 5.02 Å². The third-order valence-electron chi connectivity index (χ3n) is 3.81. The molecule has 21 heavy (non-hydrogen) atoms. The SMILES string of the molecule is Cc1ccc(C(Cl)c2ccc3c(c2)CC(C)(C)O3)c(Cl)c1. The Morgan fingerprint density at radius 2 is 1.90 bits per heavy atom. The van der Waals surface area contributed by atoms with E-state index in [1.807, 2.05) is 37.3 Å². The molecule has 3 heteroatoms. The number of hydrogen-bond donors (Lipinski definition) is 0. The van der Waals surface area contributed by atoms with Gasteiger partial charge in [0.15, 0.2) is 0 Å². The molecule has 1 heterocycles. The van der Waals surface area contributed by atoms with Crippen molar-refractivity contribution in [2.24, 2.45) is 0 Å². The molecule has 1 unspecified atom stereocenters. The van der Waals surface area contributed by atoms with Crippen LogP contribution in [0.15, 0.2) is 36.4 Å². The van der Waals surface area contributed by atoms with Crippen molar-refractivity contribution in [1.82, 2.24) is 0 Å². The highest BCUT2D eigenvalue weighted by atomic mass is 35.5. The Hall–Kier alpha value is -1.18. The molecule has 1 atom stereocenters. The minimum Gasteiger partial charge on any atom is -0.487 e. The van der Waals surface area contributed by atoms with Crippen molar-refractivity contribution in [2.75, 3.05) is 0 Å². The van der Waals surface area contributed by atoms with Crippen LogP contribution in [-0.4, -0.2) is 5.60 Å². The molecule has 0 radical (unpaired) electrons. The lowest BCUT2D eigenvalue weighted by atomic mass is 9.97. The molecular formula is C18H18Cl2O. The Balaban J connectivity index is 1.95. The van der Waals surface area contributed by atoms with E-state index in [1.165, 1.54) is 5.56 Å². The summed E-state index contributed by atoms with van der Waals surface area (Å²) in [7, 11) is 0. The molecule has 0 saturated heterocycles. The predicted molar refractivity (Wildman–Crippen MR) is 88.7 cm³/mol. The van der Waals surface area contributed by atoms with Crippen molar-refractivity contribution in [3.63, 3.8) is 0 Å². The van der Waals surface area contributed by atoms with Crippen LogP contribution in [0, 0.1) is 6.92 Å². The molecule has 0 N–H and O–H groups in total. The third kappa shape index (κ3) is 2.90. The minimum absolute atomic E-state index is 0.135. The van der Waals surface area contributed by atoms with Crippen LogP contribution in [0.2, 0.25) is 5.02 Å². The van der Waals surface area contributed by atoms with Crippen molar-refractivity contribution in [2.45, 2.75) is 38.2 Å². The summed E-state index contributed by atoms with van der Waals surface area (Å²) >= 11 is 13.0. The number of halogens is 2. The van der Waals surface area contributed by atoms with Gasteiger partial charge in [-0.05, 0) is 55.2 Å². The van der Waals surface area contributed by atoms with Gasteiger partial charge in [0.2, 0.25) is 0 Å². The van der Waals surface area contributed by atoms with E-state index < -0.39 is 0 Å². The number of benzene rings is 2. The Morgan fingerprint density at radius 3 is 2.62 bits per heavy atom. The molecule has 0 aromatic heterocycles. The minimum atomic E-state index is -0.243. The second-order valence-corrected chi connectivity index (χ2v) is 7.14. The van der Waals surface area contributed by atoms with Crippen molar-refractivity contribution >= 4 is 23.2 Å². The highest BCUT2D eigenvalue weighted by Gasteiger charge is 2.30. The van der Waals surface area contributed by atoms with E-state index in [0.717, 1.165) is 28.9 Å². The smallest absolute Gasteiger partial charge is 0.123 e. The summed E-state index contributed by atoms with van der Waals surface area (Å²) in [5, 5.41) is 0.471. The van der Waals surface area contributed by atoms with Crippen LogP contribution in [-0.2, 0) is 6.42 Å². The molecular weight excluding hydrogens is 303 g/mol. The molecule has 0 bridgehead atoms. The molecule has 0 aliphatic carbocycles. The van der Waals surface area contributed by atoms with E-state index in [2.05, 4.69) is 19.9 Å². The lowest BCUT2D eigenvalue weighted by Crippen LogP contribution is -2.24. The van der Waals surface area contributed by atoms with Crippen LogP contribution in [0.4, 0.5) is 0 Å². The van der Waals surface area contributed by atoms with Gasteiger partial charge in [0.1, 0.15) is 11.4 Å². The van der Waals surface area contributed by atoms with Gasteiger partial charge >= 0.3 is 0 Å². The fourth-order valence-electron chi connectivity index (χ4n) is 2.80. The highest BCUT2D eigenvalue weighted by Crippen LogP contribution is 2.40. The van der Waals surface area contributed by atoms with Gasteiger partial charge < -0.3 is 4.74 Å². The topological polar surface area (TPSA) is 9.23 Å². The number of hydrogen-bond acceptors (Lipinski definition) is 1. The maximum absolute atomic E-state index is 6.64. The molecule has 3 rings (SSSR count). The summed E-state index contributed by atoms with van der Waals surface area (Å²) in [6, 6.07) is 12.2. The molecule has 1 aliphatic rings. The van der Waals surface area contributed by atoms with Crippen LogP contribution in [0.1, 0.15) is 41.5 Å². The maximum Gasteiger partial charge on any atom is 0.123 e. The maximum atomic E-state index is 6.64. The third-order valence-corrected chi connectivity index (χ3v) is 4.62. The summed E-state index contributed by atoms with van der Waals surface area (Å²) < 4.78 is 5.91. The molecule has 0 spiro atoms. The largest absolute Gasteiger partial charge is 0.487 e.